The van der Waals surface area contributed by atoms with E-state index in [1.54, 1.807) is 24.3 Å². The van der Waals surface area contributed by atoms with Crippen LogP contribution in [0.15, 0.2) is 48.5 Å². The smallest absolute Gasteiger partial charge is 0.269 e. The zero-order valence-corrected chi connectivity index (χ0v) is 15.7. The van der Waals surface area contributed by atoms with Crippen molar-refractivity contribution in [1.29, 1.82) is 0 Å². The number of benzene rings is 2. The molecule has 2 aromatic carbocycles. The minimum absolute atomic E-state index is 0.0247. The third-order valence-electron chi connectivity index (χ3n) is 4.22. The van der Waals surface area contributed by atoms with Crippen molar-refractivity contribution in [2.45, 2.75) is 25.0 Å². The van der Waals surface area contributed by atoms with Crippen LogP contribution in [0.25, 0.3) is 0 Å². The second kappa shape index (κ2) is 9.73. The van der Waals surface area contributed by atoms with E-state index in [0.29, 0.717) is 23.6 Å². The maximum Gasteiger partial charge on any atom is 0.269 e. The van der Waals surface area contributed by atoms with Gasteiger partial charge in [-0.15, -0.1) is 0 Å². The molecule has 0 bridgehead atoms. The number of amides is 2. The second-order valence-electron chi connectivity index (χ2n) is 6.48. The number of hydrogen-bond donors (Lipinski definition) is 4. The molecular weight excluding hydrogens is 398 g/mol. The Kier molecular flexibility index (Phi) is 7.36. The van der Waals surface area contributed by atoms with Crippen LogP contribution in [0, 0.1) is 11.8 Å². The first kappa shape index (κ1) is 22.7. The Morgan fingerprint density at radius 2 is 1.53 bits per heavy atom. The highest BCUT2D eigenvalue weighted by Gasteiger charge is 2.46. The van der Waals surface area contributed by atoms with E-state index in [1.807, 2.05) is 5.32 Å². The number of alkyl halides is 2. The van der Waals surface area contributed by atoms with Crippen molar-refractivity contribution in [3.05, 3.63) is 70.8 Å². The van der Waals surface area contributed by atoms with Crippen molar-refractivity contribution in [1.82, 2.24) is 10.8 Å². The summed E-state index contributed by atoms with van der Waals surface area (Å²) in [5, 5.41) is 20.5. The Bertz CT molecular complexity index is 977. The Balaban J connectivity index is 2.14. The van der Waals surface area contributed by atoms with Crippen LogP contribution in [0.5, 0.6) is 0 Å². The van der Waals surface area contributed by atoms with Gasteiger partial charge in [-0.25, -0.2) is 14.3 Å². The molecular formula is C21H18F2N2O5. The lowest BCUT2D eigenvalue weighted by Crippen LogP contribution is -2.61. The maximum atomic E-state index is 13.0. The molecule has 2 amide bonds. The summed E-state index contributed by atoms with van der Waals surface area (Å²) in [4.78, 5) is 34.6. The lowest BCUT2D eigenvalue weighted by Gasteiger charge is -2.30. The lowest BCUT2D eigenvalue weighted by molar-refractivity contribution is -0.149. The largest absolute Gasteiger partial charge is 0.381 e. The molecule has 0 aliphatic carbocycles. The normalized spacial score (nSPS) is 13.4. The fourth-order valence-corrected chi connectivity index (χ4v) is 2.38. The fraction of sp³-hybridized carbons (Fsp3) is 0.190. The van der Waals surface area contributed by atoms with Crippen LogP contribution in [0.1, 0.15) is 38.8 Å². The maximum absolute atomic E-state index is 13.0. The fourth-order valence-electron chi connectivity index (χ4n) is 2.38. The molecule has 0 aliphatic heterocycles. The van der Waals surface area contributed by atoms with Crippen LogP contribution in [0.3, 0.4) is 0 Å². The molecule has 0 fully saturated rings. The van der Waals surface area contributed by atoms with Gasteiger partial charge in [0, 0.05) is 22.3 Å². The Morgan fingerprint density at radius 1 is 1.03 bits per heavy atom. The molecule has 2 aromatic rings. The van der Waals surface area contributed by atoms with Crippen molar-refractivity contribution in [3.8, 4) is 11.8 Å². The van der Waals surface area contributed by atoms with Crippen LogP contribution >= 0.6 is 0 Å². The monoisotopic (exact) mass is 416 g/mol. The summed E-state index contributed by atoms with van der Waals surface area (Å²) in [5.74, 6) is 3.45. The third kappa shape index (κ3) is 5.47. The number of hydrogen-bond acceptors (Lipinski definition) is 5. The number of carbonyl (C=O) groups excluding carboxylic acids is 3. The highest BCUT2D eigenvalue weighted by Crippen LogP contribution is 2.20. The summed E-state index contributed by atoms with van der Waals surface area (Å²) < 4.78 is 26.1. The minimum atomic E-state index is -3.36. The van der Waals surface area contributed by atoms with Gasteiger partial charge >= 0.3 is 0 Å². The van der Waals surface area contributed by atoms with Gasteiger partial charge in [0.15, 0.2) is 5.60 Å². The number of carbonyl (C=O) groups is 3. The molecule has 0 aromatic heterocycles. The number of hydroxylamine groups is 1. The standard InChI is InChI=1S/C21H18F2N2O5/c1-21(29,20(22)23)17(19(28)25-30)24-18(27)16-10-8-14(9-11-16)3-2-13-4-6-15(12-26)7-5-13/h4-12,17,20,29-30H,1H3,(H,24,27)(H,25,28). The molecule has 0 heterocycles. The highest BCUT2D eigenvalue weighted by atomic mass is 19.3. The second-order valence-corrected chi connectivity index (χ2v) is 6.48. The summed E-state index contributed by atoms with van der Waals surface area (Å²) in [6.45, 7) is 0.665. The minimum Gasteiger partial charge on any atom is -0.381 e. The topological polar surface area (TPSA) is 116 Å². The van der Waals surface area contributed by atoms with Crippen LogP contribution in [0.2, 0.25) is 0 Å². The van der Waals surface area contributed by atoms with Gasteiger partial charge in [0.25, 0.3) is 18.2 Å². The number of nitrogens with one attached hydrogen (secondary N) is 2. The number of aldehydes is 1. The zero-order chi connectivity index (χ0) is 22.3. The SMILES string of the molecule is CC(O)(C(F)F)C(NC(=O)c1ccc(C#Cc2ccc(C=O)cc2)cc1)C(=O)NO. The number of rotatable bonds is 6. The molecule has 2 atom stereocenters. The van der Waals surface area contributed by atoms with Crippen molar-refractivity contribution in [2.24, 2.45) is 0 Å². The van der Waals surface area contributed by atoms with Crippen LogP contribution in [-0.4, -0.2) is 46.5 Å². The van der Waals surface area contributed by atoms with E-state index in [2.05, 4.69) is 11.8 Å². The van der Waals surface area contributed by atoms with Gasteiger partial charge in [0.1, 0.15) is 12.3 Å². The van der Waals surface area contributed by atoms with Gasteiger partial charge in [0.2, 0.25) is 0 Å². The van der Waals surface area contributed by atoms with Gasteiger partial charge < -0.3 is 10.4 Å². The van der Waals surface area contributed by atoms with E-state index in [1.165, 1.54) is 24.3 Å². The molecule has 0 saturated carbocycles. The Labute approximate surface area is 170 Å². The molecule has 4 N–H and O–H groups in total. The quantitative estimate of drug-likeness (QED) is 0.247. The molecule has 2 rings (SSSR count). The molecule has 9 heteroatoms. The molecule has 0 spiro atoms. The predicted octanol–water partition coefficient (Wildman–Crippen LogP) is 1.52. The van der Waals surface area contributed by atoms with Gasteiger partial charge in [0.05, 0.1) is 0 Å². The Hall–Kier alpha value is -3.61. The van der Waals surface area contributed by atoms with E-state index < -0.39 is 29.9 Å². The number of halogens is 2. The third-order valence-corrected chi connectivity index (χ3v) is 4.22. The first-order valence-corrected chi connectivity index (χ1v) is 8.61. The average molecular weight is 416 g/mol. The van der Waals surface area contributed by atoms with Crippen molar-refractivity contribution in [2.75, 3.05) is 0 Å². The van der Waals surface area contributed by atoms with Crippen molar-refractivity contribution >= 4 is 18.1 Å². The van der Waals surface area contributed by atoms with Gasteiger partial charge in [-0.05, 0) is 43.3 Å². The lowest BCUT2D eigenvalue weighted by atomic mass is 9.95. The van der Waals surface area contributed by atoms with E-state index in [9.17, 15) is 28.3 Å². The van der Waals surface area contributed by atoms with Gasteiger partial charge in [-0.1, -0.05) is 24.0 Å². The first-order valence-electron chi connectivity index (χ1n) is 8.61. The molecule has 0 radical (unpaired) electrons. The number of aliphatic hydroxyl groups is 1. The highest BCUT2D eigenvalue weighted by molar-refractivity contribution is 5.97. The molecule has 7 nitrogen and oxygen atoms in total. The predicted molar refractivity (Wildman–Crippen MR) is 102 cm³/mol. The van der Waals surface area contributed by atoms with E-state index in [4.69, 9.17) is 5.21 Å². The summed E-state index contributed by atoms with van der Waals surface area (Å²) >= 11 is 0. The molecule has 30 heavy (non-hydrogen) atoms. The molecule has 0 aliphatic rings. The molecule has 156 valence electrons. The van der Waals surface area contributed by atoms with Gasteiger partial charge in [-0.3, -0.25) is 19.6 Å². The van der Waals surface area contributed by atoms with Crippen LogP contribution in [-0.2, 0) is 4.79 Å². The molecule has 0 saturated heterocycles. The van der Waals surface area contributed by atoms with E-state index in [-0.39, 0.29) is 5.56 Å². The van der Waals surface area contributed by atoms with Crippen molar-refractivity contribution in [3.63, 3.8) is 0 Å². The van der Waals surface area contributed by atoms with E-state index in [0.717, 1.165) is 11.8 Å². The molecule has 2 unspecified atom stereocenters. The summed E-state index contributed by atoms with van der Waals surface area (Å²) in [5.41, 5.74) is 0.0119. The summed E-state index contributed by atoms with van der Waals surface area (Å²) in [6, 6.07) is 10.3. The average Bonchev–Trinajstić information content (AvgIpc) is 2.75. The summed E-state index contributed by atoms with van der Waals surface area (Å²) in [6.07, 6.45) is -2.64. The van der Waals surface area contributed by atoms with E-state index >= 15 is 0 Å². The van der Waals surface area contributed by atoms with Crippen molar-refractivity contribution < 1.29 is 33.5 Å². The first-order chi connectivity index (χ1) is 14.2. The van der Waals surface area contributed by atoms with Gasteiger partial charge in [-0.2, -0.15) is 0 Å². The van der Waals surface area contributed by atoms with Crippen LogP contribution < -0.4 is 10.8 Å². The van der Waals surface area contributed by atoms with Crippen LogP contribution in [0.4, 0.5) is 8.78 Å². The Morgan fingerprint density at radius 3 is 1.97 bits per heavy atom. The summed E-state index contributed by atoms with van der Waals surface area (Å²) in [7, 11) is 0. The zero-order valence-electron chi connectivity index (χ0n) is 15.7.